The lowest BCUT2D eigenvalue weighted by Gasteiger charge is -2.27. The number of aliphatic hydroxyl groups excluding tert-OH is 3. The number of benzene rings is 1. The summed E-state index contributed by atoms with van der Waals surface area (Å²) in [4.78, 5) is 11.8. The Balaban J connectivity index is 1.51. The molecule has 1 aliphatic rings. The van der Waals surface area contributed by atoms with Crippen molar-refractivity contribution in [2.75, 3.05) is 13.2 Å². The third-order valence-corrected chi connectivity index (χ3v) is 5.65. The zero-order valence-corrected chi connectivity index (χ0v) is 16.8. The number of hydrogen-bond acceptors (Lipinski definition) is 8. The first-order valence-electron chi connectivity index (χ1n) is 9.73. The molecule has 0 aromatic heterocycles. The van der Waals surface area contributed by atoms with Crippen LogP contribution in [0.2, 0.25) is 0 Å². The lowest BCUT2D eigenvalue weighted by Crippen LogP contribution is -2.34. The molecule has 0 amide bonds. The van der Waals surface area contributed by atoms with E-state index < -0.39 is 39.0 Å². The van der Waals surface area contributed by atoms with Crippen LogP contribution in [0.4, 0.5) is 0 Å². The molecule has 28 heavy (non-hydrogen) atoms. The molecule has 1 saturated heterocycles. The summed E-state index contributed by atoms with van der Waals surface area (Å²) in [5, 5.41) is 28.2. The highest BCUT2D eigenvalue weighted by Crippen LogP contribution is 2.42. The molecule has 1 aliphatic heterocycles. The van der Waals surface area contributed by atoms with Crippen LogP contribution in [0.1, 0.15) is 44.1 Å². The Morgan fingerprint density at radius 2 is 1.64 bits per heavy atom. The summed E-state index contributed by atoms with van der Waals surface area (Å²) in [6.07, 6.45) is 1.17. The van der Waals surface area contributed by atoms with E-state index in [1.54, 1.807) is 0 Å². The molecule has 0 saturated carbocycles. The van der Waals surface area contributed by atoms with Crippen LogP contribution in [0.3, 0.4) is 0 Å². The Labute approximate surface area is 165 Å². The number of ether oxygens (including phenoxy) is 1. The normalized spacial score (nSPS) is 27.0. The molecule has 3 N–H and O–H groups in total. The molecule has 0 radical (unpaired) electrons. The maximum Gasteiger partial charge on any atom is 0.270 e. The zero-order valence-electron chi connectivity index (χ0n) is 15.9. The van der Waals surface area contributed by atoms with Crippen LogP contribution in [-0.2, 0) is 24.8 Å². The van der Waals surface area contributed by atoms with E-state index in [0.29, 0.717) is 6.42 Å². The topological polar surface area (TPSA) is 129 Å². The zero-order chi connectivity index (χ0) is 20.4. The molecule has 1 heterocycles. The molecule has 9 heteroatoms. The Morgan fingerprint density at radius 1 is 1.00 bits per heavy atom. The summed E-state index contributed by atoms with van der Waals surface area (Å²) in [5.41, 5.74) is 1.34. The second-order valence-corrected chi connectivity index (χ2v) is 8.31. The van der Waals surface area contributed by atoms with Gasteiger partial charge in [-0.05, 0) is 24.8 Å². The number of phosphoric ester groups is 1. The largest absolute Gasteiger partial charge is 0.756 e. The molecule has 0 aliphatic carbocycles. The molecule has 5 atom stereocenters. The van der Waals surface area contributed by atoms with E-state index in [-0.39, 0.29) is 6.61 Å². The molecule has 1 fully saturated rings. The van der Waals surface area contributed by atoms with Crippen molar-refractivity contribution in [1.29, 1.82) is 0 Å². The highest BCUT2D eigenvalue weighted by atomic mass is 31.2. The fourth-order valence-electron chi connectivity index (χ4n) is 3.07. The smallest absolute Gasteiger partial charge is 0.270 e. The highest BCUT2D eigenvalue weighted by molar-refractivity contribution is 7.45. The highest BCUT2D eigenvalue weighted by Gasteiger charge is 2.44. The third-order valence-electron chi connectivity index (χ3n) is 4.68. The Hall–Kier alpha value is -0.830. The molecule has 0 spiro atoms. The second-order valence-electron chi connectivity index (χ2n) is 6.95. The SMILES string of the molecule is O=P([O-])(OCCCCCCCCc1ccccc1)O[C@@H]1O[C@H](CO)[C@@H](O)[C@@H]1O. The van der Waals surface area contributed by atoms with E-state index in [0.717, 1.165) is 38.5 Å². The molecule has 0 bridgehead atoms. The number of rotatable bonds is 13. The van der Waals surface area contributed by atoms with E-state index in [2.05, 4.69) is 16.7 Å². The van der Waals surface area contributed by atoms with Crippen molar-refractivity contribution in [2.24, 2.45) is 0 Å². The van der Waals surface area contributed by atoms with Crippen LogP contribution in [0, 0.1) is 0 Å². The maximum absolute atomic E-state index is 11.8. The van der Waals surface area contributed by atoms with Crippen LogP contribution < -0.4 is 4.89 Å². The van der Waals surface area contributed by atoms with Crippen LogP contribution >= 0.6 is 7.82 Å². The van der Waals surface area contributed by atoms with E-state index in [1.165, 1.54) is 5.56 Å². The molecule has 1 unspecified atom stereocenters. The number of phosphoric acid groups is 1. The van der Waals surface area contributed by atoms with Gasteiger partial charge in [-0.15, -0.1) is 0 Å². The van der Waals surface area contributed by atoms with Gasteiger partial charge in [0.25, 0.3) is 7.82 Å². The van der Waals surface area contributed by atoms with Gasteiger partial charge in [-0.2, -0.15) is 0 Å². The number of unbranched alkanes of at least 4 members (excludes halogenated alkanes) is 5. The van der Waals surface area contributed by atoms with Crippen LogP contribution in [0.15, 0.2) is 30.3 Å². The predicted octanol–water partition coefficient (Wildman–Crippen LogP) is 1.51. The lowest BCUT2D eigenvalue weighted by atomic mass is 10.1. The van der Waals surface area contributed by atoms with Gasteiger partial charge in [-0.25, -0.2) is 0 Å². The van der Waals surface area contributed by atoms with Gasteiger partial charge in [-0.1, -0.05) is 56.0 Å². The fourth-order valence-corrected chi connectivity index (χ4v) is 3.91. The molecule has 8 nitrogen and oxygen atoms in total. The van der Waals surface area contributed by atoms with E-state index in [9.17, 15) is 19.7 Å². The summed E-state index contributed by atoms with van der Waals surface area (Å²) in [6.45, 7) is -0.576. The summed E-state index contributed by atoms with van der Waals surface area (Å²) in [6, 6.07) is 10.3. The van der Waals surface area contributed by atoms with Gasteiger partial charge in [0.15, 0.2) is 6.29 Å². The maximum atomic E-state index is 11.8. The Bertz CT molecular complexity index is 599. The fraction of sp³-hybridized carbons (Fsp3) is 0.684. The number of hydrogen-bond donors (Lipinski definition) is 3. The first-order chi connectivity index (χ1) is 13.4. The molecule has 1 aromatic carbocycles. The van der Waals surface area contributed by atoms with Gasteiger partial charge in [0.1, 0.15) is 18.3 Å². The van der Waals surface area contributed by atoms with Gasteiger partial charge >= 0.3 is 0 Å². The Morgan fingerprint density at radius 3 is 2.29 bits per heavy atom. The summed E-state index contributed by atoms with van der Waals surface area (Å²) < 4.78 is 26.2. The second kappa shape index (κ2) is 12.0. The average molecular weight is 417 g/mol. The monoisotopic (exact) mass is 417 g/mol. The van der Waals surface area contributed by atoms with Crippen molar-refractivity contribution < 1.29 is 38.6 Å². The summed E-state index contributed by atoms with van der Waals surface area (Å²) in [5.74, 6) is 0. The molecule has 160 valence electrons. The van der Waals surface area contributed by atoms with E-state index in [4.69, 9.17) is 14.4 Å². The van der Waals surface area contributed by atoms with Crippen molar-refractivity contribution in [2.45, 2.75) is 69.5 Å². The first-order valence-corrected chi connectivity index (χ1v) is 11.2. The third kappa shape index (κ3) is 7.89. The molecule has 1 aromatic rings. The minimum atomic E-state index is -4.67. The van der Waals surface area contributed by atoms with Crippen molar-refractivity contribution in [3.63, 3.8) is 0 Å². The van der Waals surface area contributed by atoms with Crippen LogP contribution in [-0.4, -0.2) is 53.1 Å². The minimum absolute atomic E-state index is 0.0143. The van der Waals surface area contributed by atoms with Crippen LogP contribution in [0.25, 0.3) is 0 Å². The van der Waals surface area contributed by atoms with Gasteiger partial charge < -0.3 is 29.5 Å². The number of aryl methyl sites for hydroxylation is 1. The summed E-state index contributed by atoms with van der Waals surface area (Å²) >= 11 is 0. The van der Waals surface area contributed by atoms with E-state index >= 15 is 0 Å². The Kier molecular flexibility index (Phi) is 10.0. The summed E-state index contributed by atoms with van der Waals surface area (Å²) in [7, 11) is -4.67. The lowest BCUT2D eigenvalue weighted by molar-refractivity contribution is -0.249. The van der Waals surface area contributed by atoms with Crippen molar-refractivity contribution >= 4 is 7.82 Å². The predicted molar refractivity (Wildman–Crippen MR) is 100 cm³/mol. The molecule has 2 rings (SSSR count). The van der Waals surface area contributed by atoms with Crippen LogP contribution in [0.5, 0.6) is 0 Å². The molecular weight excluding hydrogens is 387 g/mol. The number of aliphatic hydroxyl groups is 3. The average Bonchev–Trinajstić information content (AvgIpc) is 2.94. The first kappa shape index (κ1) is 23.4. The van der Waals surface area contributed by atoms with Crippen molar-refractivity contribution in [1.82, 2.24) is 0 Å². The standard InChI is InChI=1S/C19H31O8P/c20-14-16-17(21)18(22)19(26-16)27-28(23,24)25-13-9-4-2-1-3-6-10-15-11-7-5-8-12-15/h5,7-8,11-12,16-22H,1-4,6,9-10,13-14H2,(H,23,24)/p-1/t16-,17-,18+,19+/m1/s1. The van der Waals surface area contributed by atoms with Crippen molar-refractivity contribution in [3.8, 4) is 0 Å². The minimum Gasteiger partial charge on any atom is -0.756 e. The molecular formula is C19H30O8P-. The quantitative estimate of drug-likeness (QED) is 0.325. The van der Waals surface area contributed by atoms with Gasteiger partial charge in [0, 0.05) is 0 Å². The van der Waals surface area contributed by atoms with Gasteiger partial charge in [0.05, 0.1) is 13.2 Å². The van der Waals surface area contributed by atoms with Gasteiger partial charge in [0.2, 0.25) is 0 Å². The van der Waals surface area contributed by atoms with Gasteiger partial charge in [-0.3, -0.25) is 9.09 Å². The van der Waals surface area contributed by atoms with Crippen molar-refractivity contribution in [3.05, 3.63) is 35.9 Å². The van der Waals surface area contributed by atoms with E-state index in [1.807, 2.05) is 18.2 Å².